The first kappa shape index (κ1) is 24.1. The van der Waals surface area contributed by atoms with Crippen molar-refractivity contribution in [2.75, 3.05) is 13.2 Å². The van der Waals surface area contributed by atoms with Gasteiger partial charge in [-0.1, -0.05) is 66.7 Å². The highest BCUT2D eigenvalue weighted by molar-refractivity contribution is 5.88. The second-order valence-corrected chi connectivity index (χ2v) is 7.93. The van der Waals surface area contributed by atoms with E-state index >= 15 is 0 Å². The molecule has 35 heavy (non-hydrogen) atoms. The van der Waals surface area contributed by atoms with E-state index < -0.39 is 35.3 Å². The fraction of sp³-hybridized carbons (Fsp3) is 0.231. The number of fused-ring (bicyclic) bond motifs is 3. The third-order valence-electron chi connectivity index (χ3n) is 5.97. The van der Waals surface area contributed by atoms with Gasteiger partial charge in [-0.05, 0) is 35.2 Å². The molecule has 0 aliphatic heterocycles. The Kier molecular flexibility index (Phi) is 6.43. The third-order valence-corrected chi connectivity index (χ3v) is 5.97. The minimum absolute atomic E-state index is 0.00445. The summed E-state index contributed by atoms with van der Waals surface area (Å²) in [6.07, 6.45) is -6.92. The number of alkyl halides is 3. The van der Waals surface area contributed by atoms with Gasteiger partial charge in [-0.3, -0.25) is 5.32 Å². The first-order valence-corrected chi connectivity index (χ1v) is 10.9. The molecule has 1 atom stereocenters. The lowest BCUT2D eigenvalue weighted by atomic mass is 9.88. The summed E-state index contributed by atoms with van der Waals surface area (Å²) in [6.45, 7) is 1.27. The number of carbonyl (C=O) groups is 2. The van der Waals surface area contributed by atoms with Crippen LogP contribution in [0.3, 0.4) is 0 Å². The number of benzene rings is 3. The maximum Gasteiger partial charge on any atom is 0.427 e. The molecule has 9 heteroatoms. The highest BCUT2D eigenvalue weighted by atomic mass is 19.4. The zero-order valence-electron chi connectivity index (χ0n) is 18.6. The number of hydrogen-bond donors (Lipinski definition) is 2. The number of halogens is 3. The van der Waals surface area contributed by atoms with Crippen molar-refractivity contribution >= 4 is 12.1 Å². The van der Waals surface area contributed by atoms with Crippen molar-refractivity contribution in [1.82, 2.24) is 5.32 Å². The Hall–Kier alpha value is -4.01. The van der Waals surface area contributed by atoms with Gasteiger partial charge in [-0.15, -0.1) is 0 Å². The summed E-state index contributed by atoms with van der Waals surface area (Å²) in [5.41, 5.74) is -0.917. The van der Waals surface area contributed by atoms with Crippen LogP contribution in [0.25, 0.3) is 11.1 Å². The Morgan fingerprint density at radius 3 is 2.00 bits per heavy atom. The number of carboxylic acids is 1. The SMILES string of the molecule is CCOc1ccccc1C(NC(=O)OCC1c2ccccc2-c2ccccc21)(C(=O)O)C(F)(F)F. The van der Waals surface area contributed by atoms with Crippen LogP contribution in [0.15, 0.2) is 72.8 Å². The summed E-state index contributed by atoms with van der Waals surface area (Å²) in [5, 5.41) is 11.3. The fourth-order valence-corrected chi connectivity index (χ4v) is 4.43. The van der Waals surface area contributed by atoms with Crippen molar-refractivity contribution in [3.05, 3.63) is 89.5 Å². The zero-order chi connectivity index (χ0) is 25.2. The van der Waals surface area contributed by atoms with E-state index in [2.05, 4.69) is 0 Å². The summed E-state index contributed by atoms with van der Waals surface area (Å²) in [7, 11) is 0. The van der Waals surface area contributed by atoms with Gasteiger partial charge in [-0.25, -0.2) is 9.59 Å². The zero-order valence-corrected chi connectivity index (χ0v) is 18.6. The number of alkyl carbamates (subject to hydrolysis) is 1. The predicted molar refractivity (Wildman–Crippen MR) is 121 cm³/mol. The molecular weight excluding hydrogens is 463 g/mol. The van der Waals surface area contributed by atoms with E-state index in [-0.39, 0.29) is 19.0 Å². The molecule has 6 nitrogen and oxygen atoms in total. The molecule has 1 amide bonds. The second kappa shape index (κ2) is 9.32. The standard InChI is InChI=1S/C26H22F3NO5/c1-2-34-22-14-8-7-13-21(22)25(23(31)32,26(27,28)29)30-24(33)35-15-20-18-11-5-3-9-16(18)17-10-4-6-12-19(17)20/h3-14,20H,2,15H2,1H3,(H,30,33)(H,31,32). The van der Waals surface area contributed by atoms with Crippen LogP contribution in [0.5, 0.6) is 5.75 Å². The van der Waals surface area contributed by atoms with E-state index in [0.717, 1.165) is 28.3 Å². The number of nitrogens with one attached hydrogen (secondary N) is 1. The van der Waals surface area contributed by atoms with Crippen molar-refractivity contribution < 1.29 is 37.3 Å². The molecule has 2 N–H and O–H groups in total. The van der Waals surface area contributed by atoms with E-state index in [4.69, 9.17) is 9.47 Å². The number of carbonyl (C=O) groups excluding carboxylic acids is 1. The number of rotatable bonds is 7. The maximum absolute atomic E-state index is 14.3. The molecule has 0 fully saturated rings. The number of para-hydroxylation sites is 1. The van der Waals surface area contributed by atoms with Crippen LogP contribution in [0, 0.1) is 0 Å². The van der Waals surface area contributed by atoms with Gasteiger partial charge >= 0.3 is 18.2 Å². The average molecular weight is 485 g/mol. The molecule has 0 bridgehead atoms. The van der Waals surface area contributed by atoms with Gasteiger partial charge in [-0.2, -0.15) is 13.2 Å². The van der Waals surface area contributed by atoms with Crippen molar-refractivity contribution in [1.29, 1.82) is 0 Å². The van der Waals surface area contributed by atoms with Gasteiger partial charge in [0.2, 0.25) is 0 Å². The fourth-order valence-electron chi connectivity index (χ4n) is 4.43. The van der Waals surface area contributed by atoms with Crippen LogP contribution in [0.1, 0.15) is 29.5 Å². The normalized spacial score (nSPS) is 14.4. The summed E-state index contributed by atoms with van der Waals surface area (Å²) < 4.78 is 53.4. The summed E-state index contributed by atoms with van der Waals surface area (Å²) in [5.74, 6) is -3.03. The first-order chi connectivity index (χ1) is 16.7. The molecule has 0 saturated carbocycles. The largest absolute Gasteiger partial charge is 0.493 e. The van der Waals surface area contributed by atoms with E-state index in [9.17, 15) is 27.9 Å². The highest BCUT2D eigenvalue weighted by Gasteiger charge is 2.65. The Morgan fingerprint density at radius 1 is 0.914 bits per heavy atom. The van der Waals surface area contributed by atoms with Crippen molar-refractivity contribution in [3.63, 3.8) is 0 Å². The van der Waals surface area contributed by atoms with E-state index in [1.54, 1.807) is 12.2 Å². The van der Waals surface area contributed by atoms with Gasteiger partial charge in [0.15, 0.2) is 0 Å². The summed E-state index contributed by atoms with van der Waals surface area (Å²) >= 11 is 0. The van der Waals surface area contributed by atoms with Gasteiger partial charge < -0.3 is 14.6 Å². The minimum atomic E-state index is -5.41. The van der Waals surface area contributed by atoms with Crippen molar-refractivity contribution in [2.45, 2.75) is 24.6 Å². The second-order valence-electron chi connectivity index (χ2n) is 7.93. The first-order valence-electron chi connectivity index (χ1n) is 10.9. The summed E-state index contributed by atoms with van der Waals surface area (Å²) in [6, 6.07) is 19.7. The van der Waals surface area contributed by atoms with E-state index in [1.165, 1.54) is 18.2 Å². The molecule has 0 aromatic heterocycles. The lowest BCUT2D eigenvalue weighted by Gasteiger charge is -2.33. The number of hydrogen-bond acceptors (Lipinski definition) is 4. The smallest absolute Gasteiger partial charge is 0.427 e. The minimum Gasteiger partial charge on any atom is -0.493 e. The molecule has 3 aromatic carbocycles. The van der Waals surface area contributed by atoms with Crippen LogP contribution in [-0.4, -0.2) is 36.6 Å². The molecule has 0 heterocycles. The van der Waals surface area contributed by atoms with Crippen LogP contribution in [0.2, 0.25) is 0 Å². The molecule has 0 radical (unpaired) electrons. The number of amides is 1. The lowest BCUT2D eigenvalue weighted by molar-refractivity contribution is -0.212. The Bertz CT molecular complexity index is 1210. The average Bonchev–Trinajstić information content (AvgIpc) is 3.15. The lowest BCUT2D eigenvalue weighted by Crippen LogP contribution is -2.61. The predicted octanol–water partition coefficient (Wildman–Crippen LogP) is 5.47. The molecule has 3 aromatic rings. The molecule has 1 unspecified atom stereocenters. The van der Waals surface area contributed by atoms with Crippen LogP contribution in [0.4, 0.5) is 18.0 Å². The van der Waals surface area contributed by atoms with Gasteiger partial charge in [0.25, 0.3) is 5.54 Å². The van der Waals surface area contributed by atoms with Crippen molar-refractivity contribution in [3.8, 4) is 16.9 Å². The molecule has 182 valence electrons. The van der Waals surface area contributed by atoms with Crippen LogP contribution >= 0.6 is 0 Å². The topological polar surface area (TPSA) is 84.9 Å². The van der Waals surface area contributed by atoms with Gasteiger partial charge in [0, 0.05) is 11.5 Å². The van der Waals surface area contributed by atoms with Crippen molar-refractivity contribution in [2.24, 2.45) is 0 Å². The summed E-state index contributed by atoms with van der Waals surface area (Å²) in [4.78, 5) is 24.8. The van der Waals surface area contributed by atoms with Gasteiger partial charge in [0.1, 0.15) is 12.4 Å². The molecule has 1 aliphatic carbocycles. The molecule has 0 spiro atoms. The van der Waals surface area contributed by atoms with Gasteiger partial charge in [0.05, 0.1) is 6.61 Å². The molecule has 0 saturated heterocycles. The molecular formula is C26H22F3NO5. The highest BCUT2D eigenvalue weighted by Crippen LogP contribution is 2.45. The third kappa shape index (κ3) is 4.18. The Morgan fingerprint density at radius 2 is 1.46 bits per heavy atom. The Balaban J connectivity index is 1.64. The Labute approximate surface area is 199 Å². The number of carboxylic acid groups (broad SMARTS) is 1. The van der Waals surface area contributed by atoms with E-state index in [1.807, 2.05) is 48.5 Å². The van der Waals surface area contributed by atoms with Crippen LogP contribution in [-0.2, 0) is 15.1 Å². The quantitative estimate of drug-likeness (QED) is 0.464. The molecule has 4 rings (SSSR count). The number of aliphatic carboxylic acids is 1. The number of ether oxygens (including phenoxy) is 2. The monoisotopic (exact) mass is 485 g/mol. The molecule has 1 aliphatic rings. The van der Waals surface area contributed by atoms with E-state index in [0.29, 0.717) is 0 Å². The van der Waals surface area contributed by atoms with Crippen LogP contribution < -0.4 is 10.1 Å². The maximum atomic E-state index is 14.3.